The molecule has 1 aliphatic rings. The molecule has 106 valence electrons. The molecule has 1 aliphatic heterocycles. The number of thioether (sulfide) groups is 1. The van der Waals surface area contributed by atoms with E-state index in [1.165, 1.54) is 23.5 Å². The maximum Gasteiger partial charge on any atom is 0.319 e. The SMILES string of the molecule is CC1(CNc2ccc3scnc3c2[N+](=O)[O-])CCCS1. The number of thiazole rings is 1. The Bertz CT molecular complexity index is 650. The Morgan fingerprint density at radius 2 is 2.40 bits per heavy atom. The van der Waals surface area contributed by atoms with E-state index in [0.29, 0.717) is 11.2 Å². The lowest BCUT2D eigenvalue weighted by atomic mass is 10.1. The first-order valence-electron chi connectivity index (χ1n) is 6.47. The lowest BCUT2D eigenvalue weighted by molar-refractivity contribution is -0.382. The van der Waals surface area contributed by atoms with Crippen LogP contribution in [0.3, 0.4) is 0 Å². The van der Waals surface area contributed by atoms with E-state index in [1.54, 1.807) is 11.6 Å². The van der Waals surface area contributed by atoms with Gasteiger partial charge in [-0.05, 0) is 37.7 Å². The monoisotopic (exact) mass is 309 g/mol. The smallest absolute Gasteiger partial charge is 0.319 e. The van der Waals surface area contributed by atoms with E-state index in [2.05, 4.69) is 17.2 Å². The fraction of sp³-hybridized carbons (Fsp3) is 0.462. The van der Waals surface area contributed by atoms with Gasteiger partial charge in [-0.2, -0.15) is 11.8 Å². The molecule has 0 saturated carbocycles. The Labute approximate surface area is 124 Å². The molecule has 0 bridgehead atoms. The summed E-state index contributed by atoms with van der Waals surface area (Å²) in [5.74, 6) is 1.17. The highest BCUT2D eigenvalue weighted by atomic mass is 32.2. The second-order valence-electron chi connectivity index (χ2n) is 5.17. The average molecular weight is 309 g/mol. The molecule has 3 rings (SSSR count). The lowest BCUT2D eigenvalue weighted by Gasteiger charge is -2.23. The first-order chi connectivity index (χ1) is 9.59. The zero-order valence-corrected chi connectivity index (χ0v) is 12.7. The predicted molar refractivity (Wildman–Crippen MR) is 84.9 cm³/mol. The molecular formula is C13H15N3O2S2. The number of nitrogens with one attached hydrogen (secondary N) is 1. The van der Waals surface area contributed by atoms with Crippen LogP contribution in [0.5, 0.6) is 0 Å². The van der Waals surface area contributed by atoms with Crippen LogP contribution in [0, 0.1) is 10.1 Å². The van der Waals surface area contributed by atoms with E-state index in [9.17, 15) is 10.1 Å². The molecule has 1 unspecified atom stereocenters. The highest BCUT2D eigenvalue weighted by Crippen LogP contribution is 2.39. The minimum Gasteiger partial charge on any atom is -0.378 e. The number of benzene rings is 1. The molecule has 0 aliphatic carbocycles. The molecule has 0 amide bonds. The Kier molecular flexibility index (Phi) is 3.55. The summed E-state index contributed by atoms with van der Waals surface area (Å²) in [6.07, 6.45) is 2.37. The quantitative estimate of drug-likeness (QED) is 0.685. The maximum absolute atomic E-state index is 11.3. The minimum atomic E-state index is -0.339. The molecule has 1 saturated heterocycles. The number of anilines is 1. The van der Waals surface area contributed by atoms with E-state index >= 15 is 0 Å². The number of rotatable bonds is 4. The van der Waals surface area contributed by atoms with E-state index in [0.717, 1.165) is 17.7 Å². The predicted octanol–water partition coefficient (Wildman–Crippen LogP) is 3.90. The number of nitrogens with zero attached hydrogens (tertiary/aromatic N) is 2. The van der Waals surface area contributed by atoms with Crippen LogP contribution in [0.4, 0.5) is 11.4 Å². The summed E-state index contributed by atoms with van der Waals surface area (Å²) >= 11 is 3.36. The zero-order chi connectivity index (χ0) is 14.2. The summed E-state index contributed by atoms with van der Waals surface area (Å²) in [4.78, 5) is 15.1. The standard InChI is InChI=1S/C13H15N3O2S2/c1-13(5-2-6-20-13)7-14-9-3-4-10-11(15-8-19-10)12(9)16(17)18/h3-4,8,14H,2,5-7H2,1H3. The van der Waals surface area contributed by atoms with Crippen LogP contribution in [0.15, 0.2) is 17.6 Å². The number of hydrogen-bond acceptors (Lipinski definition) is 6. The molecule has 2 aromatic rings. The van der Waals surface area contributed by atoms with Gasteiger partial charge in [0, 0.05) is 11.3 Å². The third-order valence-corrected chi connectivity index (χ3v) is 5.94. The molecule has 0 spiro atoms. The Balaban J connectivity index is 1.90. The van der Waals surface area contributed by atoms with Gasteiger partial charge in [0.1, 0.15) is 5.69 Å². The molecule has 5 nitrogen and oxygen atoms in total. The number of hydrogen-bond donors (Lipinski definition) is 1. The summed E-state index contributed by atoms with van der Waals surface area (Å²) in [5.41, 5.74) is 2.79. The van der Waals surface area contributed by atoms with Crippen molar-refractivity contribution in [3.8, 4) is 0 Å². The Morgan fingerprint density at radius 3 is 3.10 bits per heavy atom. The molecule has 1 fully saturated rings. The molecule has 2 heterocycles. The molecule has 1 N–H and O–H groups in total. The topological polar surface area (TPSA) is 68.1 Å². The van der Waals surface area contributed by atoms with Gasteiger partial charge in [-0.15, -0.1) is 11.3 Å². The Morgan fingerprint density at radius 1 is 1.55 bits per heavy atom. The van der Waals surface area contributed by atoms with Crippen LogP contribution in [-0.2, 0) is 0 Å². The summed E-state index contributed by atoms with van der Waals surface area (Å²) in [7, 11) is 0. The fourth-order valence-electron chi connectivity index (χ4n) is 2.50. The van der Waals surface area contributed by atoms with Crippen molar-refractivity contribution in [1.82, 2.24) is 4.98 Å². The van der Waals surface area contributed by atoms with Crippen molar-refractivity contribution >= 4 is 44.7 Å². The van der Waals surface area contributed by atoms with Crippen LogP contribution in [0.1, 0.15) is 19.8 Å². The van der Waals surface area contributed by atoms with Crippen molar-refractivity contribution in [2.24, 2.45) is 0 Å². The second-order valence-corrected chi connectivity index (χ2v) is 7.74. The zero-order valence-electron chi connectivity index (χ0n) is 11.1. The van der Waals surface area contributed by atoms with Crippen molar-refractivity contribution in [3.63, 3.8) is 0 Å². The number of nitro benzene ring substituents is 1. The largest absolute Gasteiger partial charge is 0.378 e. The van der Waals surface area contributed by atoms with Crippen LogP contribution < -0.4 is 5.32 Å². The van der Waals surface area contributed by atoms with Crippen molar-refractivity contribution in [3.05, 3.63) is 27.8 Å². The fourth-order valence-corrected chi connectivity index (χ4v) is 4.43. The van der Waals surface area contributed by atoms with Crippen LogP contribution in [0.25, 0.3) is 10.2 Å². The lowest BCUT2D eigenvalue weighted by Crippen LogP contribution is -2.27. The molecule has 1 atom stereocenters. The van der Waals surface area contributed by atoms with Gasteiger partial charge in [-0.25, -0.2) is 4.98 Å². The van der Waals surface area contributed by atoms with Crippen LogP contribution in [-0.4, -0.2) is 27.0 Å². The van der Waals surface area contributed by atoms with Gasteiger partial charge in [0.25, 0.3) is 0 Å². The number of nitro groups is 1. The summed E-state index contributed by atoms with van der Waals surface area (Å²) in [6.45, 7) is 2.96. The van der Waals surface area contributed by atoms with E-state index < -0.39 is 0 Å². The molecule has 0 radical (unpaired) electrons. The Hall–Kier alpha value is -1.34. The summed E-state index contributed by atoms with van der Waals surface area (Å²) in [6, 6.07) is 3.69. The molecule has 7 heteroatoms. The van der Waals surface area contributed by atoms with Crippen molar-refractivity contribution in [2.75, 3.05) is 17.6 Å². The van der Waals surface area contributed by atoms with E-state index in [-0.39, 0.29) is 15.4 Å². The van der Waals surface area contributed by atoms with Crippen molar-refractivity contribution < 1.29 is 4.92 Å². The van der Waals surface area contributed by atoms with Crippen molar-refractivity contribution in [1.29, 1.82) is 0 Å². The minimum absolute atomic E-state index is 0.0929. The third kappa shape index (κ3) is 2.47. The van der Waals surface area contributed by atoms with E-state index in [4.69, 9.17) is 0 Å². The van der Waals surface area contributed by atoms with Gasteiger partial charge in [0.05, 0.1) is 15.1 Å². The van der Waals surface area contributed by atoms with Gasteiger partial charge >= 0.3 is 5.69 Å². The van der Waals surface area contributed by atoms with Crippen molar-refractivity contribution in [2.45, 2.75) is 24.5 Å². The van der Waals surface area contributed by atoms with E-state index in [1.807, 2.05) is 17.8 Å². The number of aromatic nitrogens is 1. The van der Waals surface area contributed by atoms with Gasteiger partial charge in [-0.1, -0.05) is 0 Å². The number of fused-ring (bicyclic) bond motifs is 1. The van der Waals surface area contributed by atoms with Gasteiger partial charge in [0.15, 0.2) is 5.52 Å². The maximum atomic E-state index is 11.3. The first kappa shape index (κ1) is 13.6. The first-order valence-corrected chi connectivity index (χ1v) is 8.34. The second kappa shape index (κ2) is 5.21. The molecule has 1 aromatic heterocycles. The van der Waals surface area contributed by atoms with Gasteiger partial charge in [0.2, 0.25) is 0 Å². The van der Waals surface area contributed by atoms with Gasteiger partial charge in [-0.3, -0.25) is 10.1 Å². The molecule has 20 heavy (non-hydrogen) atoms. The normalized spacial score (nSPS) is 22.2. The average Bonchev–Trinajstić information content (AvgIpc) is 3.04. The molecule has 1 aromatic carbocycles. The highest BCUT2D eigenvalue weighted by Gasteiger charge is 2.30. The summed E-state index contributed by atoms with van der Waals surface area (Å²) in [5, 5.41) is 14.6. The van der Waals surface area contributed by atoms with Gasteiger partial charge < -0.3 is 5.32 Å². The summed E-state index contributed by atoms with van der Waals surface area (Å²) < 4.78 is 1.02. The van der Waals surface area contributed by atoms with Crippen LogP contribution >= 0.6 is 23.1 Å². The van der Waals surface area contributed by atoms with Crippen LogP contribution in [0.2, 0.25) is 0 Å². The highest BCUT2D eigenvalue weighted by molar-refractivity contribution is 8.00. The third-order valence-electron chi connectivity index (χ3n) is 3.61. The molecular weight excluding hydrogens is 294 g/mol.